The van der Waals surface area contributed by atoms with E-state index < -0.39 is 52.2 Å². The summed E-state index contributed by atoms with van der Waals surface area (Å²) < 4.78 is 112. The summed E-state index contributed by atoms with van der Waals surface area (Å²) in [5, 5.41) is 22.5. The highest BCUT2D eigenvalue weighted by Gasteiger charge is 2.35. The SMILES string of the molecule is O=S(=O)(NCCc1c(Cl)cccc1Cl)C1=NCc2ncccc21.O=S(=O)(NCCc1ccc(Cl)c(Cl)c1)C1=NCc2ncccc21.O=S(=O)(NCc1ccccc1Sc1ccccc1CO)C1=NCc2ncccc21.O=S(=O)(N[C@H](c1ccccc1)[C@@H](O)c1ccccc1)C1=NCc2ncccc21. The van der Waals surface area contributed by atoms with Crippen LogP contribution in [0.15, 0.2) is 249 Å². The van der Waals surface area contributed by atoms with E-state index in [1.165, 1.54) is 11.8 Å². The van der Waals surface area contributed by atoms with Gasteiger partial charge >= 0.3 is 0 Å². The summed E-state index contributed by atoms with van der Waals surface area (Å²) in [5.74, 6) is 0. The summed E-state index contributed by atoms with van der Waals surface area (Å²) in [5.41, 5.74) is 9.39. The van der Waals surface area contributed by atoms with E-state index in [1.54, 1.807) is 152 Å². The minimum atomic E-state index is -3.97. The molecule has 4 aliphatic rings. The van der Waals surface area contributed by atoms with Crippen LogP contribution in [-0.2, 0) is 92.3 Å². The van der Waals surface area contributed by atoms with Crippen molar-refractivity contribution in [1.82, 2.24) is 38.8 Å². The van der Waals surface area contributed by atoms with Gasteiger partial charge in [-0.05, 0) is 131 Å². The highest BCUT2D eigenvalue weighted by molar-refractivity contribution is 8.06. The van der Waals surface area contributed by atoms with Crippen LogP contribution in [0.2, 0.25) is 20.1 Å². The van der Waals surface area contributed by atoms with Gasteiger partial charge in [-0.25, -0.2) is 47.8 Å². The van der Waals surface area contributed by atoms with E-state index in [9.17, 15) is 43.9 Å². The van der Waals surface area contributed by atoms with Gasteiger partial charge in [0.2, 0.25) is 0 Å². The predicted molar refractivity (Wildman–Crippen MR) is 403 cm³/mol. The van der Waals surface area contributed by atoms with E-state index in [1.807, 2.05) is 66.7 Å². The molecule has 4 aliphatic heterocycles. The van der Waals surface area contributed by atoms with E-state index in [0.29, 0.717) is 101 Å². The maximum atomic E-state index is 13.1. The van der Waals surface area contributed by atoms with Gasteiger partial charge in [0.25, 0.3) is 40.1 Å². The lowest BCUT2D eigenvalue weighted by Crippen LogP contribution is -2.37. The molecule has 0 saturated heterocycles. The monoisotopic (exact) mass is 1560 g/mol. The fraction of sp³-hybridized carbons (Fsp3) is 0.167. The molecule has 103 heavy (non-hydrogen) atoms. The molecule has 0 amide bonds. The Labute approximate surface area is 620 Å². The van der Waals surface area contributed by atoms with Gasteiger partial charge in [0.15, 0.2) is 20.2 Å². The zero-order valence-electron chi connectivity index (χ0n) is 54.3. The highest BCUT2D eigenvalue weighted by atomic mass is 35.5. The first-order valence-corrected chi connectivity index (χ1v) is 39.9. The number of halogens is 4. The van der Waals surface area contributed by atoms with E-state index in [2.05, 4.69) is 58.8 Å². The first-order chi connectivity index (χ1) is 49.6. The normalized spacial score (nSPS) is 14.1. The number of sulfonamides is 4. The number of benzene rings is 6. The molecule has 8 heterocycles. The Morgan fingerprint density at radius 2 is 0.816 bits per heavy atom. The largest absolute Gasteiger partial charge is 0.392 e. The fourth-order valence-corrected chi connectivity index (χ4v) is 18.0. The van der Waals surface area contributed by atoms with Gasteiger partial charge in [0.1, 0.15) is 0 Å². The minimum absolute atomic E-state index is 0.0332. The molecular formula is C72H64Cl4N12O10S5. The number of nitrogens with zero attached hydrogens (tertiary/aromatic N) is 8. The number of nitrogens with one attached hydrogen (secondary N) is 4. The molecule has 6 N–H and O–H groups in total. The van der Waals surface area contributed by atoms with Crippen molar-refractivity contribution in [2.75, 3.05) is 13.1 Å². The molecule has 4 aromatic heterocycles. The molecule has 0 saturated carbocycles. The second-order valence-electron chi connectivity index (χ2n) is 22.9. The number of fused-ring (bicyclic) bond motifs is 4. The Morgan fingerprint density at radius 1 is 0.408 bits per heavy atom. The number of hydrogen-bond donors (Lipinski definition) is 6. The topological polar surface area (TPSA) is 326 Å². The third kappa shape index (κ3) is 19.0. The Morgan fingerprint density at radius 3 is 1.28 bits per heavy atom. The lowest BCUT2D eigenvalue weighted by atomic mass is 9.97. The molecule has 0 aliphatic carbocycles. The van der Waals surface area contributed by atoms with Crippen molar-refractivity contribution in [2.45, 2.75) is 74.1 Å². The molecule has 0 spiro atoms. The van der Waals surface area contributed by atoms with Crippen LogP contribution in [-0.4, -0.2) is 97.1 Å². The number of pyridine rings is 4. The molecule has 0 radical (unpaired) electrons. The number of aliphatic imine (C=N–C) groups is 4. The van der Waals surface area contributed by atoms with E-state index >= 15 is 0 Å². The Balaban J connectivity index is 0.000000138. The van der Waals surface area contributed by atoms with Crippen LogP contribution in [0.4, 0.5) is 0 Å². The van der Waals surface area contributed by atoms with E-state index in [0.717, 1.165) is 26.5 Å². The predicted octanol–water partition coefficient (Wildman–Crippen LogP) is 11.5. The zero-order valence-corrected chi connectivity index (χ0v) is 61.4. The number of aromatic nitrogens is 4. The van der Waals surface area contributed by atoms with Gasteiger partial charge in [0.05, 0.1) is 77.8 Å². The van der Waals surface area contributed by atoms with Gasteiger partial charge in [-0.2, -0.15) is 4.72 Å². The maximum absolute atomic E-state index is 13.1. The third-order valence-corrected chi connectivity index (χ3v) is 24.5. The highest BCUT2D eigenvalue weighted by Crippen LogP contribution is 2.35. The van der Waals surface area contributed by atoms with Crippen LogP contribution in [0.25, 0.3) is 0 Å². The molecular weight excluding hydrogens is 1500 g/mol. The van der Waals surface area contributed by atoms with Crippen molar-refractivity contribution in [3.8, 4) is 0 Å². The molecule has 0 unspecified atom stereocenters. The molecule has 0 fully saturated rings. The summed E-state index contributed by atoms with van der Waals surface area (Å²) in [4.78, 5) is 35.0. The Hall–Kier alpha value is -8.33. The van der Waals surface area contributed by atoms with Crippen molar-refractivity contribution in [3.05, 3.63) is 317 Å². The van der Waals surface area contributed by atoms with Crippen LogP contribution in [0.5, 0.6) is 0 Å². The molecule has 10 aromatic rings. The quantitative estimate of drug-likeness (QED) is 0.0438. The smallest absolute Gasteiger partial charge is 0.258 e. The lowest BCUT2D eigenvalue weighted by Gasteiger charge is -2.25. The number of rotatable bonds is 19. The van der Waals surface area contributed by atoms with Crippen LogP contribution in [0, 0.1) is 0 Å². The van der Waals surface area contributed by atoms with Gasteiger partial charge in [-0.3, -0.25) is 39.9 Å². The van der Waals surface area contributed by atoms with E-state index in [4.69, 9.17) is 46.4 Å². The standard InChI is InChI=1S/C21H19N3O3S2.C21H19N3O3S.2C15H13Cl2N3O2S/c25-14-16-7-2-4-10-20(16)28-19-9-3-1-6-15(19)12-24-29(26,27)21-17-8-5-11-22-18(17)13-23-21;25-20(16-10-5-2-6-11-16)19(15-8-3-1-4-9-15)24-28(26,27)21-17-12-7-13-22-18(17)14-23-21;16-12-4-1-5-13(17)10(12)6-8-20-23(21,22)15-11-3-2-7-18-14(11)9-19-15;16-12-4-3-10(8-13(12)17)5-7-20-23(21,22)15-11-2-1-6-18-14(11)9-19-15/h1-11,24-25H,12-14H2;1-13,19-20,24-25H,14H2;1-5,7,20H,6,8-9H2;1-4,6,8,20H,5,7,9H2/t;19-,20+;;/m.1../s1. The van der Waals surface area contributed by atoms with Crippen molar-refractivity contribution in [1.29, 1.82) is 0 Å². The van der Waals surface area contributed by atoms with Crippen LogP contribution in [0.1, 0.15) is 90.6 Å². The van der Waals surface area contributed by atoms with Crippen molar-refractivity contribution in [2.24, 2.45) is 20.0 Å². The van der Waals surface area contributed by atoms with Crippen molar-refractivity contribution in [3.63, 3.8) is 0 Å². The Kier molecular flexibility index (Phi) is 25.4. The van der Waals surface area contributed by atoms with Gasteiger partial charge < -0.3 is 10.2 Å². The molecule has 31 heteroatoms. The molecule has 530 valence electrons. The average Bonchev–Trinajstić information content (AvgIpc) is 1.73. The molecule has 14 rings (SSSR count). The summed E-state index contributed by atoms with van der Waals surface area (Å²) >= 11 is 25.5. The van der Waals surface area contributed by atoms with Crippen molar-refractivity contribution >= 4 is 118 Å². The maximum Gasteiger partial charge on any atom is 0.258 e. The molecule has 22 nitrogen and oxygen atoms in total. The summed E-state index contributed by atoms with van der Waals surface area (Å²) in [6, 6.07) is 56.4. The third-order valence-electron chi connectivity index (χ3n) is 16.1. The first-order valence-electron chi connectivity index (χ1n) is 31.7. The molecule has 6 aromatic carbocycles. The fourth-order valence-electron chi connectivity index (χ4n) is 11.0. The Bertz CT molecular complexity index is 5340. The first kappa shape index (κ1) is 75.8. The van der Waals surface area contributed by atoms with E-state index in [-0.39, 0.29) is 66.1 Å². The van der Waals surface area contributed by atoms with Gasteiger partial charge in [-0.1, -0.05) is 167 Å². The molecule has 0 bridgehead atoms. The lowest BCUT2D eigenvalue weighted by molar-refractivity contribution is 0.140. The zero-order chi connectivity index (χ0) is 72.7. The summed E-state index contributed by atoms with van der Waals surface area (Å²) in [6.45, 7) is 1.59. The van der Waals surface area contributed by atoms with Gasteiger partial charge in [-0.15, -0.1) is 0 Å². The van der Waals surface area contributed by atoms with Gasteiger partial charge in [0, 0.05) is 86.5 Å². The van der Waals surface area contributed by atoms with Crippen LogP contribution >= 0.6 is 58.2 Å². The summed E-state index contributed by atoms with van der Waals surface area (Å²) in [7, 11) is -15.1. The minimum Gasteiger partial charge on any atom is -0.392 e. The molecule has 2 atom stereocenters. The average molecular weight is 1560 g/mol. The number of aliphatic hydroxyl groups excluding tert-OH is 2. The summed E-state index contributed by atoms with van der Waals surface area (Å²) in [6.07, 6.45) is 6.33. The number of hydrogen-bond acceptors (Lipinski definition) is 19. The second kappa shape index (κ2) is 34.5. The second-order valence-corrected chi connectivity index (χ2v) is 32.3. The number of aliphatic hydroxyl groups is 2. The van der Waals surface area contributed by atoms with Crippen LogP contribution < -0.4 is 18.9 Å². The van der Waals surface area contributed by atoms with Crippen LogP contribution in [0.3, 0.4) is 0 Å². The van der Waals surface area contributed by atoms with Crippen molar-refractivity contribution < 1.29 is 43.9 Å².